The molecule has 3 N–H and O–H groups in total. The summed E-state index contributed by atoms with van der Waals surface area (Å²) < 4.78 is 64.1. The number of fused-ring (bicyclic) bond motifs is 2. The van der Waals surface area contributed by atoms with Gasteiger partial charge in [-0.1, -0.05) is 69.6 Å². The number of carbonyl (C=O) groups excluding carboxylic acids is 1. The van der Waals surface area contributed by atoms with Crippen molar-refractivity contribution in [2.75, 3.05) is 20.8 Å². The molecule has 14 nitrogen and oxygen atoms in total. The number of esters is 1. The van der Waals surface area contributed by atoms with Gasteiger partial charge in [-0.15, -0.1) is 0 Å². The second-order valence-electron chi connectivity index (χ2n) is 20.0. The second-order valence-corrected chi connectivity index (χ2v) is 20.0. The number of hydrogen-bond donors (Lipinski definition) is 3. The number of rotatable bonds is 7. The van der Waals surface area contributed by atoms with E-state index in [4.69, 9.17) is 47.4 Å². The van der Waals surface area contributed by atoms with E-state index in [0.29, 0.717) is 49.2 Å². The number of ether oxygens (including phenoxy) is 10. The lowest BCUT2D eigenvalue weighted by Gasteiger charge is -2.49. The van der Waals surface area contributed by atoms with Crippen molar-refractivity contribution in [2.24, 2.45) is 23.7 Å². The fraction of sp³-hybridized carbons (Fsp3) is 0.780. The summed E-state index contributed by atoms with van der Waals surface area (Å²) in [5.74, 6) is -2.32. The SMILES string of the molecule is CO[C@H]1C[C@H](O[C@H]2[C@H](C)O[C@@H](O[C@@H]3/C(C)=C\C[C@@H]4C[C@@H](C[C@]5(C=C[C@H](C)C(C6CCCCC6)O5)O4)OC(=O)[C@@H]4C=C(C)[C@@H](O)[C@H]5OCC(=C/C=C\[C@@H]3C)[C@]54O)C[C@@H]2OC)O[C@@H](C)[C@@H]1O. The number of carbonyl (C=O) groups is 1. The van der Waals surface area contributed by atoms with Crippen LogP contribution in [0.5, 0.6) is 0 Å². The molecule has 2 bridgehead atoms. The highest BCUT2D eigenvalue weighted by Gasteiger charge is 2.60. The Morgan fingerprint density at radius 3 is 2.28 bits per heavy atom. The predicted octanol–water partition coefficient (Wildman–Crippen LogP) is 5.91. The van der Waals surface area contributed by atoms with Gasteiger partial charge in [0.1, 0.15) is 42.0 Å². The van der Waals surface area contributed by atoms with Crippen LogP contribution in [0.2, 0.25) is 0 Å². The molecular weight excluding hydrogens is 825 g/mol. The van der Waals surface area contributed by atoms with Gasteiger partial charge in [-0.25, -0.2) is 0 Å². The minimum absolute atomic E-state index is 0.0242. The summed E-state index contributed by atoms with van der Waals surface area (Å²) >= 11 is 0. The first-order valence-electron chi connectivity index (χ1n) is 24.0. The van der Waals surface area contributed by atoms with Gasteiger partial charge in [0.25, 0.3) is 0 Å². The van der Waals surface area contributed by atoms with Gasteiger partial charge in [-0.05, 0) is 75.7 Å². The molecule has 0 aromatic heterocycles. The van der Waals surface area contributed by atoms with Crippen LogP contribution in [0.3, 0.4) is 0 Å². The van der Waals surface area contributed by atoms with Gasteiger partial charge < -0.3 is 62.7 Å². The van der Waals surface area contributed by atoms with Crippen molar-refractivity contribution in [3.63, 3.8) is 0 Å². The molecule has 6 aliphatic heterocycles. The van der Waals surface area contributed by atoms with E-state index in [2.05, 4.69) is 32.9 Å². The van der Waals surface area contributed by atoms with Crippen molar-refractivity contribution in [1.82, 2.24) is 0 Å². The van der Waals surface area contributed by atoms with Crippen LogP contribution in [0.4, 0.5) is 0 Å². The molecule has 4 saturated heterocycles. The van der Waals surface area contributed by atoms with Gasteiger partial charge in [0, 0.05) is 51.7 Å². The zero-order valence-corrected chi connectivity index (χ0v) is 39.0. The minimum atomic E-state index is -1.83. The van der Waals surface area contributed by atoms with Gasteiger partial charge in [0.05, 0.1) is 49.3 Å². The van der Waals surface area contributed by atoms with Crippen LogP contribution in [0, 0.1) is 23.7 Å². The lowest BCUT2D eigenvalue weighted by molar-refractivity contribution is -0.318. The summed E-state index contributed by atoms with van der Waals surface area (Å²) in [5.41, 5.74) is 0.166. The molecule has 1 spiro atoms. The zero-order chi connectivity index (χ0) is 45.5. The first kappa shape index (κ1) is 48.2. The monoisotopic (exact) mass is 899 g/mol. The van der Waals surface area contributed by atoms with Crippen LogP contribution in [0.1, 0.15) is 106 Å². The summed E-state index contributed by atoms with van der Waals surface area (Å²) in [4.78, 5) is 14.4. The minimum Gasteiger partial charge on any atom is -0.462 e. The van der Waals surface area contributed by atoms with E-state index >= 15 is 0 Å². The van der Waals surface area contributed by atoms with E-state index in [-0.39, 0.29) is 36.8 Å². The van der Waals surface area contributed by atoms with Gasteiger partial charge in [0.2, 0.25) is 0 Å². The van der Waals surface area contributed by atoms with Crippen molar-refractivity contribution in [3.05, 3.63) is 59.3 Å². The van der Waals surface area contributed by atoms with Crippen LogP contribution in [-0.2, 0) is 52.2 Å². The Morgan fingerprint density at radius 1 is 0.812 bits per heavy atom. The molecule has 0 aromatic rings. The molecule has 8 rings (SSSR count). The fourth-order valence-electron chi connectivity index (χ4n) is 11.7. The van der Waals surface area contributed by atoms with E-state index in [1.54, 1.807) is 40.2 Å². The highest BCUT2D eigenvalue weighted by Crippen LogP contribution is 2.48. The molecule has 19 atom stereocenters. The third-order valence-corrected chi connectivity index (χ3v) is 15.4. The largest absolute Gasteiger partial charge is 0.462 e. The molecule has 5 fully saturated rings. The number of hydrogen-bond acceptors (Lipinski definition) is 14. The van der Waals surface area contributed by atoms with Crippen molar-refractivity contribution in [1.29, 1.82) is 0 Å². The van der Waals surface area contributed by atoms with E-state index < -0.39 is 90.8 Å². The highest BCUT2D eigenvalue weighted by atomic mass is 16.7. The van der Waals surface area contributed by atoms with Gasteiger partial charge in [-0.3, -0.25) is 4.79 Å². The summed E-state index contributed by atoms with van der Waals surface area (Å²) in [7, 11) is 3.23. The number of allylic oxidation sites excluding steroid dienone is 2. The molecule has 14 heteroatoms. The zero-order valence-electron chi connectivity index (χ0n) is 39.0. The summed E-state index contributed by atoms with van der Waals surface area (Å²) in [6, 6.07) is 0. The first-order valence-corrected chi connectivity index (χ1v) is 24.0. The van der Waals surface area contributed by atoms with Crippen molar-refractivity contribution < 1.29 is 67.5 Å². The maximum absolute atomic E-state index is 14.4. The van der Waals surface area contributed by atoms with Gasteiger partial charge in [-0.2, -0.15) is 0 Å². The quantitative estimate of drug-likeness (QED) is 0.204. The molecule has 0 amide bonds. The molecule has 0 aromatic carbocycles. The predicted molar refractivity (Wildman–Crippen MR) is 234 cm³/mol. The standard InChI is InChI=1S/C50H74O14/c1-27-13-12-16-34-26-57-47-42(51)30(4)21-37(50(34,47)54)48(53)60-36-22-35(63-49(25-36)20-19-29(3)45(64-49)33-14-10-9-11-15-33)18-17-28(2)44(27)61-41-24-39(56-8)46(32(6)59-41)62-40-23-38(55-7)43(52)31(5)58-40/h12-13,16-17,19-21,27,29,31-33,35-47,51-52,54H,9-11,14-15,18,22-26H2,1-8H3/b13-12-,28-17-,34-16?/t27-,29-,31-,32-,35+,36-,37-,38-,39-,40-,41-,42+,43-,44-,45?,46-,47+,49+,50+/m0/s1. The Bertz CT molecular complexity index is 1790. The lowest BCUT2D eigenvalue weighted by Crippen LogP contribution is -2.58. The third kappa shape index (κ3) is 9.82. The van der Waals surface area contributed by atoms with Crippen LogP contribution in [0.15, 0.2) is 59.3 Å². The molecule has 2 aliphatic carbocycles. The molecule has 1 unspecified atom stereocenters. The van der Waals surface area contributed by atoms with Crippen molar-refractivity contribution in [2.45, 2.75) is 203 Å². The molecule has 1 saturated carbocycles. The van der Waals surface area contributed by atoms with E-state index in [1.165, 1.54) is 19.3 Å². The Kier molecular flexibility index (Phi) is 15.1. The average Bonchev–Trinajstić information content (AvgIpc) is 3.62. The maximum Gasteiger partial charge on any atom is 0.316 e. The number of aliphatic hydroxyl groups is 3. The normalized spacial score (nSPS) is 48.4. The Labute approximate surface area is 379 Å². The summed E-state index contributed by atoms with van der Waals surface area (Å²) in [6.07, 6.45) is 13.8. The Balaban J connectivity index is 1.08. The first-order chi connectivity index (χ1) is 30.6. The Hall–Kier alpha value is -2.31. The fourth-order valence-corrected chi connectivity index (χ4v) is 11.7. The van der Waals surface area contributed by atoms with Crippen molar-refractivity contribution in [3.8, 4) is 0 Å². The van der Waals surface area contributed by atoms with Gasteiger partial charge >= 0.3 is 5.97 Å². The summed E-state index contributed by atoms with van der Waals surface area (Å²) in [5, 5.41) is 34.3. The molecule has 358 valence electrons. The molecule has 6 heterocycles. The van der Waals surface area contributed by atoms with Crippen LogP contribution in [-0.4, -0.2) is 139 Å². The smallest absolute Gasteiger partial charge is 0.316 e. The summed E-state index contributed by atoms with van der Waals surface area (Å²) in [6.45, 7) is 11.9. The molecular formula is C50H74O14. The maximum atomic E-state index is 14.4. The third-order valence-electron chi connectivity index (χ3n) is 15.4. The van der Waals surface area contributed by atoms with Crippen LogP contribution < -0.4 is 0 Å². The molecule has 64 heavy (non-hydrogen) atoms. The second kappa shape index (κ2) is 20.1. The number of aliphatic hydroxyl groups excluding tert-OH is 2. The molecule has 8 aliphatic rings. The number of methoxy groups -OCH3 is 2. The van der Waals surface area contributed by atoms with Gasteiger partial charge in [0.15, 0.2) is 18.4 Å². The molecule has 0 radical (unpaired) electrons. The van der Waals surface area contributed by atoms with E-state index in [9.17, 15) is 20.1 Å². The van der Waals surface area contributed by atoms with E-state index in [0.717, 1.165) is 18.4 Å². The lowest BCUT2D eigenvalue weighted by atomic mass is 9.71. The average molecular weight is 899 g/mol. The van der Waals surface area contributed by atoms with Crippen molar-refractivity contribution >= 4 is 5.97 Å². The van der Waals surface area contributed by atoms with E-state index in [1.807, 2.05) is 25.2 Å². The van der Waals surface area contributed by atoms with Crippen LogP contribution >= 0.6 is 0 Å². The Morgan fingerprint density at radius 2 is 1.53 bits per heavy atom. The highest BCUT2D eigenvalue weighted by molar-refractivity contribution is 5.78. The topological polar surface area (TPSA) is 170 Å². The van der Waals surface area contributed by atoms with Crippen LogP contribution in [0.25, 0.3) is 0 Å².